The van der Waals surface area contributed by atoms with Crippen LogP contribution in [0.25, 0.3) is 0 Å². The lowest BCUT2D eigenvalue weighted by Crippen LogP contribution is -2.25. The molecule has 2 rings (SSSR count). The monoisotopic (exact) mass is 387 g/mol. The molecule has 150 valence electrons. The average Bonchev–Trinajstić information content (AvgIpc) is 2.74. The average molecular weight is 387 g/mol. The Bertz CT molecular complexity index is 732. The minimum Gasteiger partial charge on any atom is -0.491 e. The molecule has 2 aromatic rings. The van der Waals surface area contributed by atoms with Crippen LogP contribution in [-0.2, 0) is 4.79 Å². The minimum absolute atomic E-state index is 0.0702. The molecule has 0 saturated carbocycles. The Kier molecular flexibility index (Phi) is 9.00. The van der Waals surface area contributed by atoms with Crippen molar-refractivity contribution in [2.24, 2.45) is 0 Å². The molecule has 0 aromatic heterocycles. The number of rotatable bonds is 11. The number of benzene rings is 2. The van der Waals surface area contributed by atoms with Gasteiger partial charge in [0.25, 0.3) is 5.91 Å². The van der Waals surface area contributed by atoms with Crippen LogP contribution in [0, 0.1) is 0 Å². The predicted octanol–water partition coefficient (Wildman–Crippen LogP) is 2.38. The summed E-state index contributed by atoms with van der Waals surface area (Å²) in [5.41, 5.74) is 2.19. The van der Waals surface area contributed by atoms with Crippen LogP contribution in [0.2, 0.25) is 0 Å². The van der Waals surface area contributed by atoms with Gasteiger partial charge in [-0.1, -0.05) is 36.4 Å². The van der Waals surface area contributed by atoms with E-state index in [1.807, 2.05) is 18.2 Å². The maximum Gasteiger partial charge on any atom is 0.267 e. The van der Waals surface area contributed by atoms with Gasteiger partial charge >= 0.3 is 0 Å². The topological polar surface area (TPSA) is 108 Å². The van der Waals surface area contributed by atoms with Gasteiger partial charge in [0.2, 0.25) is 0 Å². The van der Waals surface area contributed by atoms with Crippen LogP contribution < -0.4 is 15.0 Å². The Morgan fingerprint density at radius 2 is 1.79 bits per heavy atom. The van der Waals surface area contributed by atoms with Crippen molar-refractivity contribution in [3.8, 4) is 11.5 Å². The van der Waals surface area contributed by atoms with Crippen LogP contribution in [0.1, 0.15) is 24.5 Å². The van der Waals surface area contributed by atoms with E-state index in [4.69, 9.17) is 19.8 Å². The van der Waals surface area contributed by atoms with Gasteiger partial charge in [0, 0.05) is 6.08 Å². The molecule has 0 aliphatic carbocycles. The number of hydrogen-bond donors (Lipinski definition) is 4. The second-order valence-electron chi connectivity index (χ2n) is 6.01. The largest absolute Gasteiger partial charge is 0.491 e. The SMILES string of the molecule is O=C(/C=C/CC[C@H](Oc1ccccc1)[C@@H](O)c1ccc(OCCO)cc1)NO. The van der Waals surface area contributed by atoms with Crippen molar-refractivity contribution < 1.29 is 29.7 Å². The Labute approximate surface area is 163 Å². The number of allylic oxidation sites excluding steroid dienone is 1. The molecule has 0 saturated heterocycles. The lowest BCUT2D eigenvalue weighted by Gasteiger charge is -2.24. The van der Waals surface area contributed by atoms with E-state index in [1.54, 1.807) is 42.5 Å². The maximum absolute atomic E-state index is 11.1. The van der Waals surface area contributed by atoms with Gasteiger partial charge < -0.3 is 19.7 Å². The predicted molar refractivity (Wildman–Crippen MR) is 103 cm³/mol. The quantitative estimate of drug-likeness (QED) is 0.268. The first-order chi connectivity index (χ1) is 13.6. The fourth-order valence-electron chi connectivity index (χ4n) is 2.58. The highest BCUT2D eigenvalue weighted by molar-refractivity contribution is 5.86. The van der Waals surface area contributed by atoms with Crippen molar-refractivity contribution in [1.29, 1.82) is 0 Å². The fraction of sp³-hybridized carbons (Fsp3) is 0.286. The molecular formula is C21H25NO6. The Balaban J connectivity index is 2.07. The molecule has 0 aliphatic rings. The molecule has 2 aromatic carbocycles. The first-order valence-electron chi connectivity index (χ1n) is 8.98. The van der Waals surface area contributed by atoms with Gasteiger partial charge in [0.05, 0.1) is 6.61 Å². The zero-order valence-electron chi connectivity index (χ0n) is 15.4. The molecule has 7 heteroatoms. The molecule has 0 bridgehead atoms. The Hall–Kier alpha value is -2.87. The molecule has 2 atom stereocenters. The molecule has 28 heavy (non-hydrogen) atoms. The Morgan fingerprint density at radius 3 is 2.43 bits per heavy atom. The highest BCUT2D eigenvalue weighted by Crippen LogP contribution is 2.26. The van der Waals surface area contributed by atoms with Crippen molar-refractivity contribution in [2.45, 2.75) is 25.0 Å². The van der Waals surface area contributed by atoms with Crippen LogP contribution in [0.3, 0.4) is 0 Å². The zero-order valence-corrected chi connectivity index (χ0v) is 15.4. The van der Waals surface area contributed by atoms with Crippen molar-refractivity contribution >= 4 is 5.91 Å². The van der Waals surface area contributed by atoms with Crippen LogP contribution in [0.5, 0.6) is 11.5 Å². The number of amides is 1. The molecule has 0 fully saturated rings. The number of aliphatic hydroxyl groups excluding tert-OH is 2. The molecule has 7 nitrogen and oxygen atoms in total. The molecule has 4 N–H and O–H groups in total. The summed E-state index contributed by atoms with van der Waals surface area (Å²) in [6, 6.07) is 16.1. The summed E-state index contributed by atoms with van der Waals surface area (Å²) >= 11 is 0. The van der Waals surface area contributed by atoms with E-state index in [0.717, 1.165) is 0 Å². The summed E-state index contributed by atoms with van der Waals surface area (Å²) in [6.45, 7) is 0.134. The lowest BCUT2D eigenvalue weighted by atomic mass is 10.00. The van der Waals surface area contributed by atoms with Crippen molar-refractivity contribution in [1.82, 2.24) is 5.48 Å². The standard InChI is InChI=1S/C21H25NO6/c23-14-15-27-17-12-10-16(11-13-17)21(25)19(8-4-5-9-20(24)22-26)28-18-6-2-1-3-7-18/h1-3,5-7,9-13,19,21,23,25-26H,4,8,14-15H2,(H,22,24)/b9-5+/t19-,21-/m0/s1. The minimum atomic E-state index is -0.896. The first kappa shape index (κ1) is 21.4. The summed E-state index contributed by atoms with van der Waals surface area (Å²) < 4.78 is 11.3. The van der Waals surface area contributed by atoms with Crippen LogP contribution >= 0.6 is 0 Å². The summed E-state index contributed by atoms with van der Waals surface area (Å²) in [6.07, 6.45) is 2.30. The second kappa shape index (κ2) is 11.8. The molecule has 0 spiro atoms. The van der Waals surface area contributed by atoms with Gasteiger partial charge in [0.15, 0.2) is 0 Å². The third kappa shape index (κ3) is 7.03. The maximum atomic E-state index is 11.1. The van der Waals surface area contributed by atoms with E-state index in [-0.39, 0.29) is 13.2 Å². The number of aliphatic hydroxyl groups is 2. The Morgan fingerprint density at radius 1 is 1.07 bits per heavy atom. The second-order valence-corrected chi connectivity index (χ2v) is 6.01. The smallest absolute Gasteiger partial charge is 0.267 e. The van der Waals surface area contributed by atoms with Gasteiger partial charge in [-0.05, 0) is 42.7 Å². The molecule has 0 heterocycles. The van der Waals surface area contributed by atoms with Crippen LogP contribution in [-0.4, -0.2) is 40.6 Å². The van der Waals surface area contributed by atoms with Gasteiger partial charge in [-0.15, -0.1) is 0 Å². The van der Waals surface area contributed by atoms with E-state index >= 15 is 0 Å². The number of ether oxygens (including phenoxy) is 2. The summed E-state index contributed by atoms with van der Waals surface area (Å²) in [5, 5.41) is 28.1. The van der Waals surface area contributed by atoms with Crippen LogP contribution in [0.4, 0.5) is 0 Å². The van der Waals surface area contributed by atoms with Crippen molar-refractivity contribution in [3.63, 3.8) is 0 Å². The summed E-state index contributed by atoms with van der Waals surface area (Å²) in [4.78, 5) is 11.1. The van der Waals surface area contributed by atoms with Gasteiger partial charge in [0.1, 0.15) is 30.3 Å². The highest BCUT2D eigenvalue weighted by atomic mass is 16.5. The van der Waals surface area contributed by atoms with Crippen molar-refractivity contribution in [2.75, 3.05) is 13.2 Å². The summed E-state index contributed by atoms with van der Waals surface area (Å²) in [7, 11) is 0. The van der Waals surface area contributed by atoms with E-state index in [1.165, 1.54) is 11.6 Å². The number of hydroxylamine groups is 1. The fourth-order valence-corrected chi connectivity index (χ4v) is 2.58. The van der Waals surface area contributed by atoms with Gasteiger partial charge in [-0.25, -0.2) is 5.48 Å². The number of hydrogen-bond acceptors (Lipinski definition) is 6. The van der Waals surface area contributed by atoms with E-state index in [2.05, 4.69) is 0 Å². The molecular weight excluding hydrogens is 362 g/mol. The normalized spacial score (nSPS) is 13.1. The van der Waals surface area contributed by atoms with Gasteiger partial charge in [-0.3, -0.25) is 10.0 Å². The van der Waals surface area contributed by atoms with Gasteiger partial charge in [-0.2, -0.15) is 0 Å². The third-order valence-corrected chi connectivity index (χ3v) is 3.96. The number of carbonyl (C=O) groups is 1. The number of carbonyl (C=O) groups excluding carboxylic acids is 1. The molecule has 0 aliphatic heterocycles. The van der Waals surface area contributed by atoms with E-state index in [0.29, 0.717) is 29.9 Å². The van der Waals surface area contributed by atoms with Crippen molar-refractivity contribution in [3.05, 3.63) is 72.3 Å². The zero-order chi connectivity index (χ0) is 20.2. The number of para-hydroxylation sites is 1. The lowest BCUT2D eigenvalue weighted by molar-refractivity contribution is -0.124. The third-order valence-electron chi connectivity index (χ3n) is 3.96. The van der Waals surface area contributed by atoms with Crippen LogP contribution in [0.15, 0.2) is 66.7 Å². The highest BCUT2D eigenvalue weighted by Gasteiger charge is 2.22. The summed E-state index contributed by atoms with van der Waals surface area (Å²) in [5.74, 6) is 0.620. The van der Waals surface area contributed by atoms with E-state index < -0.39 is 18.1 Å². The number of nitrogens with one attached hydrogen (secondary N) is 1. The van der Waals surface area contributed by atoms with E-state index in [9.17, 15) is 9.90 Å². The molecule has 0 unspecified atom stereocenters. The molecule has 1 amide bonds. The molecule has 0 radical (unpaired) electrons. The first-order valence-corrected chi connectivity index (χ1v) is 8.98.